The van der Waals surface area contributed by atoms with Crippen LogP contribution in [0.25, 0.3) is 0 Å². The molecule has 1 aromatic heterocycles. The maximum absolute atomic E-state index is 13.8. The minimum Gasteiger partial charge on any atom is -0.384 e. The third-order valence-corrected chi connectivity index (χ3v) is 4.05. The number of benzene rings is 1. The molecular formula is C16H17FN2O3. The van der Waals surface area contributed by atoms with Crippen molar-refractivity contribution in [1.82, 2.24) is 10.1 Å². The number of aromatic nitrogens is 1. The highest BCUT2D eigenvalue weighted by molar-refractivity contribution is 5.76. The lowest BCUT2D eigenvalue weighted by Gasteiger charge is -2.16. The van der Waals surface area contributed by atoms with E-state index >= 15 is 0 Å². The van der Waals surface area contributed by atoms with Crippen LogP contribution >= 0.6 is 0 Å². The average molecular weight is 304 g/mol. The fourth-order valence-corrected chi connectivity index (χ4v) is 2.88. The van der Waals surface area contributed by atoms with E-state index in [1.807, 2.05) is 6.07 Å². The van der Waals surface area contributed by atoms with E-state index in [-0.39, 0.29) is 29.6 Å². The summed E-state index contributed by atoms with van der Waals surface area (Å²) >= 11 is 0. The Kier molecular flexibility index (Phi) is 4.09. The molecule has 22 heavy (non-hydrogen) atoms. The first-order chi connectivity index (χ1) is 10.6. The summed E-state index contributed by atoms with van der Waals surface area (Å²) in [6, 6.07) is 8.06. The summed E-state index contributed by atoms with van der Waals surface area (Å²) in [5.74, 6) is 0.317. The Morgan fingerprint density at radius 2 is 2.23 bits per heavy atom. The van der Waals surface area contributed by atoms with Crippen LogP contribution in [0.1, 0.15) is 30.1 Å². The number of nitrogens with zero attached hydrogens (tertiary/aromatic N) is 1. The lowest BCUT2D eigenvalue weighted by molar-refractivity contribution is -0.130. The van der Waals surface area contributed by atoms with Gasteiger partial charge in [0.05, 0.1) is 0 Å². The van der Waals surface area contributed by atoms with Crippen molar-refractivity contribution >= 4 is 5.91 Å². The van der Waals surface area contributed by atoms with Gasteiger partial charge in [0.1, 0.15) is 11.6 Å². The maximum Gasteiger partial charge on any atom is 0.280 e. The lowest BCUT2D eigenvalue weighted by atomic mass is 9.98. The van der Waals surface area contributed by atoms with Gasteiger partial charge in [-0.05, 0) is 18.1 Å². The number of rotatable bonds is 4. The zero-order valence-electron chi connectivity index (χ0n) is 12.0. The summed E-state index contributed by atoms with van der Waals surface area (Å²) in [4.78, 5) is 24.9. The number of nitrogens with one attached hydrogen (secondary N) is 1. The molecule has 2 aromatic rings. The molecule has 0 saturated carbocycles. The van der Waals surface area contributed by atoms with Crippen LogP contribution in [0, 0.1) is 5.82 Å². The van der Waals surface area contributed by atoms with Crippen LogP contribution in [0.4, 0.5) is 4.39 Å². The number of carbonyl (C=O) groups is 1. The standard InChI is InChI=1S/C16H17FN2O3/c17-14-4-2-1-3-13(14)11-7-8-19(10-11)16(21)6-5-12-9-15(20)18-22-12/h1-4,9,11H,5-8,10H2,(H,18,20). The number of amides is 1. The molecule has 1 aliphatic rings. The molecule has 1 atom stereocenters. The van der Waals surface area contributed by atoms with Crippen molar-refractivity contribution in [2.75, 3.05) is 13.1 Å². The van der Waals surface area contributed by atoms with E-state index < -0.39 is 0 Å². The van der Waals surface area contributed by atoms with Gasteiger partial charge in [-0.15, -0.1) is 0 Å². The number of H-pyrrole nitrogens is 1. The highest BCUT2D eigenvalue weighted by Gasteiger charge is 2.28. The monoisotopic (exact) mass is 304 g/mol. The summed E-state index contributed by atoms with van der Waals surface area (Å²) in [7, 11) is 0. The van der Waals surface area contributed by atoms with Gasteiger partial charge in [0.25, 0.3) is 5.56 Å². The molecule has 0 aliphatic carbocycles. The highest BCUT2D eigenvalue weighted by Crippen LogP contribution is 2.29. The molecule has 1 unspecified atom stereocenters. The number of carbonyl (C=O) groups excluding carboxylic acids is 1. The number of hydrogen-bond acceptors (Lipinski definition) is 3. The van der Waals surface area contributed by atoms with Gasteiger partial charge in [-0.25, -0.2) is 4.39 Å². The van der Waals surface area contributed by atoms with Crippen LogP contribution in [0.3, 0.4) is 0 Å². The van der Waals surface area contributed by atoms with Gasteiger partial charge < -0.3 is 9.42 Å². The molecule has 3 rings (SSSR count). The van der Waals surface area contributed by atoms with E-state index in [0.29, 0.717) is 30.8 Å². The molecule has 1 aliphatic heterocycles. The van der Waals surface area contributed by atoms with E-state index in [1.165, 1.54) is 12.1 Å². The van der Waals surface area contributed by atoms with Gasteiger partial charge in [0.2, 0.25) is 5.91 Å². The number of likely N-dealkylation sites (tertiary alicyclic amines) is 1. The Morgan fingerprint density at radius 1 is 1.41 bits per heavy atom. The number of hydrogen-bond donors (Lipinski definition) is 1. The Morgan fingerprint density at radius 3 is 2.95 bits per heavy atom. The Labute approximate surface area is 126 Å². The van der Waals surface area contributed by atoms with Gasteiger partial charge in [0, 0.05) is 37.9 Å². The van der Waals surface area contributed by atoms with Crippen LogP contribution in [-0.2, 0) is 11.2 Å². The molecule has 5 nitrogen and oxygen atoms in total. The van der Waals surface area contributed by atoms with Crippen molar-refractivity contribution in [1.29, 1.82) is 0 Å². The first-order valence-electron chi connectivity index (χ1n) is 7.33. The van der Waals surface area contributed by atoms with E-state index in [0.717, 1.165) is 6.42 Å². The van der Waals surface area contributed by atoms with Crippen molar-refractivity contribution < 1.29 is 13.7 Å². The second-order valence-electron chi connectivity index (χ2n) is 5.53. The molecule has 1 aromatic carbocycles. The van der Waals surface area contributed by atoms with Crippen LogP contribution in [0.15, 0.2) is 39.6 Å². The minimum absolute atomic E-state index is 0.00249. The normalized spacial score (nSPS) is 17.9. The summed E-state index contributed by atoms with van der Waals surface area (Å²) in [6.07, 6.45) is 1.44. The Balaban J connectivity index is 1.57. The van der Waals surface area contributed by atoms with Crippen molar-refractivity contribution in [3.8, 4) is 0 Å². The van der Waals surface area contributed by atoms with Gasteiger partial charge in [-0.2, -0.15) is 5.16 Å². The molecule has 1 amide bonds. The molecule has 1 N–H and O–H groups in total. The van der Waals surface area contributed by atoms with Crippen LogP contribution < -0.4 is 5.56 Å². The Bertz CT molecular complexity index is 722. The molecule has 6 heteroatoms. The molecule has 2 heterocycles. The smallest absolute Gasteiger partial charge is 0.280 e. The SMILES string of the molecule is O=C(CCc1cc(=O)[nH]o1)N1CCC(c2ccccc2F)C1. The van der Waals surface area contributed by atoms with Crippen molar-refractivity contribution in [2.45, 2.75) is 25.2 Å². The van der Waals surface area contributed by atoms with E-state index in [2.05, 4.69) is 5.16 Å². The number of aromatic amines is 1. The third-order valence-electron chi connectivity index (χ3n) is 4.05. The zero-order chi connectivity index (χ0) is 15.5. The van der Waals surface area contributed by atoms with Crippen molar-refractivity contribution in [3.63, 3.8) is 0 Å². The molecule has 0 spiro atoms. The predicted octanol–water partition coefficient (Wildman–Crippen LogP) is 2.06. The molecular weight excluding hydrogens is 287 g/mol. The Hall–Kier alpha value is -2.37. The maximum atomic E-state index is 13.8. The van der Waals surface area contributed by atoms with Gasteiger partial charge >= 0.3 is 0 Å². The largest absolute Gasteiger partial charge is 0.384 e. The number of aryl methyl sites for hydroxylation is 1. The van der Waals surface area contributed by atoms with Crippen molar-refractivity contribution in [2.24, 2.45) is 0 Å². The molecule has 0 radical (unpaired) electrons. The highest BCUT2D eigenvalue weighted by atomic mass is 19.1. The fourth-order valence-electron chi connectivity index (χ4n) is 2.88. The summed E-state index contributed by atoms with van der Waals surface area (Å²) in [6.45, 7) is 1.17. The second kappa shape index (κ2) is 6.17. The second-order valence-corrected chi connectivity index (χ2v) is 5.53. The number of halogens is 1. The fraction of sp³-hybridized carbons (Fsp3) is 0.375. The lowest BCUT2D eigenvalue weighted by Crippen LogP contribution is -2.28. The third kappa shape index (κ3) is 3.10. The molecule has 1 fully saturated rings. The van der Waals surface area contributed by atoms with Crippen LogP contribution in [0.5, 0.6) is 0 Å². The van der Waals surface area contributed by atoms with Crippen LogP contribution in [-0.4, -0.2) is 29.1 Å². The topological polar surface area (TPSA) is 66.3 Å². The van der Waals surface area contributed by atoms with Gasteiger partial charge in [0.15, 0.2) is 0 Å². The first kappa shape index (κ1) is 14.6. The quantitative estimate of drug-likeness (QED) is 0.940. The van der Waals surface area contributed by atoms with Gasteiger partial charge in [-0.3, -0.25) is 9.59 Å². The summed E-state index contributed by atoms with van der Waals surface area (Å²) in [5.41, 5.74) is 0.373. The molecule has 0 bridgehead atoms. The predicted molar refractivity (Wildman–Crippen MR) is 78.0 cm³/mol. The van der Waals surface area contributed by atoms with E-state index in [4.69, 9.17) is 4.52 Å². The molecule has 1 saturated heterocycles. The van der Waals surface area contributed by atoms with E-state index in [1.54, 1.807) is 17.0 Å². The van der Waals surface area contributed by atoms with Crippen molar-refractivity contribution in [3.05, 3.63) is 57.8 Å². The van der Waals surface area contributed by atoms with Gasteiger partial charge in [-0.1, -0.05) is 18.2 Å². The van der Waals surface area contributed by atoms with E-state index in [9.17, 15) is 14.0 Å². The summed E-state index contributed by atoms with van der Waals surface area (Å²) < 4.78 is 18.7. The van der Waals surface area contributed by atoms with Crippen LogP contribution in [0.2, 0.25) is 0 Å². The average Bonchev–Trinajstić information content (AvgIpc) is 3.14. The first-order valence-corrected chi connectivity index (χ1v) is 7.33. The summed E-state index contributed by atoms with van der Waals surface area (Å²) in [5, 5.41) is 2.20. The zero-order valence-corrected chi connectivity index (χ0v) is 12.0. The molecule has 116 valence electrons. The minimum atomic E-state index is -0.303.